The molecule has 0 atom stereocenters. The van der Waals surface area contributed by atoms with Crippen molar-refractivity contribution in [2.75, 3.05) is 0 Å². The van der Waals surface area contributed by atoms with Crippen LogP contribution in [0.25, 0.3) is 55.4 Å². The number of benzene rings is 6. The Bertz CT molecular complexity index is 2240. The normalized spacial score (nSPS) is 11.9. The van der Waals surface area contributed by atoms with Gasteiger partial charge in [0.25, 0.3) is 0 Å². The van der Waals surface area contributed by atoms with Crippen molar-refractivity contribution in [2.24, 2.45) is 4.99 Å². The van der Waals surface area contributed by atoms with E-state index in [1.807, 2.05) is 18.3 Å². The molecule has 0 aliphatic carbocycles. The van der Waals surface area contributed by atoms with Gasteiger partial charge in [-0.2, -0.15) is 0 Å². The number of hydrogen-bond donors (Lipinski definition) is 0. The standard InChI is InChI=1S/C45H34N2/c1-32(34-23-25-36(26-24-34)42-20-11-27-46-31-42)28-45(41-19-9-17-39(30-41)35-12-4-3-5-13-35)47-33(2)38-16-8-18-40(29-38)44-22-10-15-37-14-6-7-21-43(37)44/h3-31H,2H2,1H3/b32-28+,47-45?. The first-order valence-corrected chi connectivity index (χ1v) is 15.8. The van der Waals surface area contributed by atoms with E-state index in [1.165, 1.54) is 21.9 Å². The molecule has 2 nitrogen and oxygen atoms in total. The molecule has 7 rings (SSSR count). The Morgan fingerprint density at radius 2 is 1.19 bits per heavy atom. The topological polar surface area (TPSA) is 25.2 Å². The fraction of sp³-hybridized carbons (Fsp3) is 0.0222. The lowest BCUT2D eigenvalue weighted by atomic mass is 9.96. The molecule has 0 saturated carbocycles. The Hall–Kier alpha value is -6.12. The third-order valence-electron chi connectivity index (χ3n) is 8.51. The Morgan fingerprint density at radius 3 is 2.00 bits per heavy atom. The first kappa shape index (κ1) is 29.6. The maximum atomic E-state index is 5.22. The van der Waals surface area contributed by atoms with Crippen LogP contribution < -0.4 is 0 Å². The molecule has 6 aromatic carbocycles. The van der Waals surface area contributed by atoms with Crippen LogP contribution in [0, 0.1) is 0 Å². The van der Waals surface area contributed by atoms with Crippen molar-refractivity contribution in [2.45, 2.75) is 6.92 Å². The highest BCUT2D eigenvalue weighted by Crippen LogP contribution is 2.31. The molecule has 0 bridgehead atoms. The van der Waals surface area contributed by atoms with E-state index in [9.17, 15) is 0 Å². The number of rotatable bonds is 8. The van der Waals surface area contributed by atoms with E-state index < -0.39 is 0 Å². The fourth-order valence-electron chi connectivity index (χ4n) is 5.97. The van der Waals surface area contributed by atoms with Gasteiger partial charge in [-0.25, -0.2) is 4.99 Å². The average Bonchev–Trinajstić information content (AvgIpc) is 3.15. The molecule has 0 unspecified atom stereocenters. The first-order valence-electron chi connectivity index (χ1n) is 15.8. The summed E-state index contributed by atoms with van der Waals surface area (Å²) < 4.78 is 0. The summed E-state index contributed by atoms with van der Waals surface area (Å²) in [6, 6.07) is 55.2. The van der Waals surface area contributed by atoms with Gasteiger partial charge < -0.3 is 0 Å². The number of hydrogen-bond acceptors (Lipinski definition) is 2. The summed E-state index contributed by atoms with van der Waals surface area (Å²) in [4.78, 5) is 9.49. The zero-order valence-corrected chi connectivity index (χ0v) is 26.3. The van der Waals surface area contributed by atoms with Gasteiger partial charge in [-0.3, -0.25) is 4.98 Å². The van der Waals surface area contributed by atoms with Crippen LogP contribution in [0.3, 0.4) is 0 Å². The molecule has 0 radical (unpaired) electrons. The Kier molecular flexibility index (Phi) is 8.48. The number of aliphatic imine (C=N–C) groups is 1. The Balaban J connectivity index is 1.28. The molecular formula is C45H34N2. The second-order valence-corrected chi connectivity index (χ2v) is 11.6. The van der Waals surface area contributed by atoms with E-state index in [2.05, 4.69) is 170 Å². The van der Waals surface area contributed by atoms with E-state index in [-0.39, 0.29) is 0 Å². The number of aromatic nitrogens is 1. The van der Waals surface area contributed by atoms with Gasteiger partial charge in [0.2, 0.25) is 0 Å². The lowest BCUT2D eigenvalue weighted by Crippen LogP contribution is -2.00. The molecule has 0 N–H and O–H groups in total. The lowest BCUT2D eigenvalue weighted by Gasteiger charge is -2.12. The maximum absolute atomic E-state index is 5.22. The molecule has 0 fully saturated rings. The molecule has 1 aromatic heterocycles. The van der Waals surface area contributed by atoms with Gasteiger partial charge in [0.15, 0.2) is 0 Å². The molecule has 47 heavy (non-hydrogen) atoms. The molecule has 224 valence electrons. The second-order valence-electron chi connectivity index (χ2n) is 11.6. The van der Waals surface area contributed by atoms with Crippen LogP contribution in [0.1, 0.15) is 23.6 Å². The smallest absolute Gasteiger partial charge is 0.0712 e. The summed E-state index contributed by atoms with van der Waals surface area (Å²) >= 11 is 0. The molecule has 0 aliphatic rings. The third-order valence-corrected chi connectivity index (χ3v) is 8.51. The highest BCUT2D eigenvalue weighted by Gasteiger charge is 2.10. The van der Waals surface area contributed by atoms with Crippen molar-refractivity contribution in [3.05, 3.63) is 199 Å². The third kappa shape index (κ3) is 6.63. The number of fused-ring (bicyclic) bond motifs is 1. The van der Waals surface area contributed by atoms with E-state index in [0.29, 0.717) is 5.70 Å². The van der Waals surface area contributed by atoms with Crippen LogP contribution in [0.2, 0.25) is 0 Å². The van der Waals surface area contributed by atoms with E-state index >= 15 is 0 Å². The van der Waals surface area contributed by atoms with Crippen molar-refractivity contribution >= 4 is 27.8 Å². The van der Waals surface area contributed by atoms with Crippen molar-refractivity contribution < 1.29 is 0 Å². The molecule has 7 aromatic rings. The molecule has 2 heteroatoms. The minimum atomic E-state index is 0.711. The zero-order valence-electron chi connectivity index (χ0n) is 26.3. The summed E-state index contributed by atoms with van der Waals surface area (Å²) in [5.41, 5.74) is 12.7. The lowest BCUT2D eigenvalue weighted by molar-refractivity contribution is 1.33. The van der Waals surface area contributed by atoms with Crippen LogP contribution >= 0.6 is 0 Å². The van der Waals surface area contributed by atoms with Gasteiger partial charge in [-0.15, -0.1) is 0 Å². The Morgan fingerprint density at radius 1 is 0.553 bits per heavy atom. The average molecular weight is 603 g/mol. The van der Waals surface area contributed by atoms with Gasteiger partial charge in [0.1, 0.15) is 0 Å². The van der Waals surface area contributed by atoms with Crippen molar-refractivity contribution in [1.82, 2.24) is 4.98 Å². The van der Waals surface area contributed by atoms with Gasteiger partial charge in [-0.05, 0) is 86.5 Å². The van der Waals surface area contributed by atoms with Gasteiger partial charge >= 0.3 is 0 Å². The van der Waals surface area contributed by atoms with Gasteiger partial charge in [0.05, 0.1) is 11.4 Å². The van der Waals surface area contributed by atoms with Crippen LogP contribution in [0.4, 0.5) is 0 Å². The Labute approximate surface area is 276 Å². The summed E-state index contributed by atoms with van der Waals surface area (Å²) in [6.45, 7) is 6.61. The molecule has 0 spiro atoms. The molecule has 1 heterocycles. The maximum Gasteiger partial charge on any atom is 0.0712 e. The highest BCUT2D eigenvalue weighted by atomic mass is 14.8. The van der Waals surface area contributed by atoms with Crippen LogP contribution in [-0.2, 0) is 0 Å². The van der Waals surface area contributed by atoms with E-state index in [1.54, 1.807) is 6.20 Å². The largest absolute Gasteiger partial charge is 0.264 e. The van der Waals surface area contributed by atoms with Crippen molar-refractivity contribution in [1.29, 1.82) is 0 Å². The van der Waals surface area contributed by atoms with Crippen LogP contribution in [0.15, 0.2) is 188 Å². The number of allylic oxidation sites excluding steroid dienone is 2. The highest BCUT2D eigenvalue weighted by molar-refractivity contribution is 6.14. The molecule has 0 aliphatic heterocycles. The summed E-state index contributed by atoms with van der Waals surface area (Å²) in [5.74, 6) is 0. The number of nitrogens with zero attached hydrogens (tertiary/aromatic N) is 2. The predicted molar refractivity (Wildman–Crippen MR) is 200 cm³/mol. The SMILES string of the molecule is C=C(N=C(/C=C(\C)c1ccc(-c2cccnc2)cc1)c1cccc(-c2ccccc2)c1)c1cccc(-c2cccc3ccccc23)c1. The predicted octanol–water partition coefficient (Wildman–Crippen LogP) is 11.8. The summed E-state index contributed by atoms with van der Waals surface area (Å²) in [7, 11) is 0. The number of pyridine rings is 1. The quantitative estimate of drug-likeness (QED) is 0.159. The van der Waals surface area contributed by atoms with Gasteiger partial charge in [0, 0.05) is 23.5 Å². The molecule has 0 saturated heterocycles. The molecular weight excluding hydrogens is 569 g/mol. The van der Waals surface area contributed by atoms with E-state index in [0.717, 1.165) is 50.2 Å². The zero-order chi connectivity index (χ0) is 32.0. The van der Waals surface area contributed by atoms with Crippen LogP contribution in [-0.4, -0.2) is 10.7 Å². The summed E-state index contributed by atoms with van der Waals surface area (Å²) in [6.07, 6.45) is 5.86. The first-order chi connectivity index (χ1) is 23.1. The molecule has 0 amide bonds. The van der Waals surface area contributed by atoms with Crippen LogP contribution in [0.5, 0.6) is 0 Å². The minimum Gasteiger partial charge on any atom is -0.264 e. The monoisotopic (exact) mass is 602 g/mol. The van der Waals surface area contributed by atoms with Gasteiger partial charge in [-0.1, -0.05) is 146 Å². The van der Waals surface area contributed by atoms with Crippen molar-refractivity contribution in [3.8, 4) is 33.4 Å². The fourth-order valence-corrected chi connectivity index (χ4v) is 5.97. The van der Waals surface area contributed by atoms with Crippen molar-refractivity contribution in [3.63, 3.8) is 0 Å². The second kappa shape index (κ2) is 13.5. The minimum absolute atomic E-state index is 0.711. The summed E-state index contributed by atoms with van der Waals surface area (Å²) in [5, 5.41) is 2.45. The van der Waals surface area contributed by atoms with E-state index in [4.69, 9.17) is 4.99 Å².